The second kappa shape index (κ2) is 12.3. The minimum atomic E-state index is -0.859. The number of nitro groups is 1. The van der Waals surface area contributed by atoms with Crippen LogP contribution in [0.15, 0.2) is 58.1 Å². The van der Waals surface area contributed by atoms with Gasteiger partial charge in [-0.25, -0.2) is 0 Å². The molecule has 202 valence electrons. The summed E-state index contributed by atoms with van der Waals surface area (Å²) in [6, 6.07) is 5.68. The number of allylic oxidation sites excluding steroid dienone is 4. The van der Waals surface area contributed by atoms with Crippen molar-refractivity contribution in [2.45, 2.75) is 96.3 Å². The van der Waals surface area contributed by atoms with E-state index in [0.29, 0.717) is 48.9 Å². The molecule has 1 aromatic rings. The van der Waals surface area contributed by atoms with Crippen molar-refractivity contribution in [1.82, 2.24) is 5.32 Å². The summed E-state index contributed by atoms with van der Waals surface area (Å²) in [4.78, 5) is 50.3. The molecule has 0 aromatic heterocycles. The van der Waals surface area contributed by atoms with Gasteiger partial charge in [-0.15, -0.1) is 0 Å². The summed E-state index contributed by atoms with van der Waals surface area (Å²) in [5.41, 5.74) is 1.79. The van der Waals surface area contributed by atoms with Gasteiger partial charge in [0.1, 0.15) is 5.76 Å². The van der Waals surface area contributed by atoms with Crippen LogP contribution in [-0.4, -0.2) is 27.4 Å². The fraction of sp³-hybridized carbons (Fsp3) is 0.500. The van der Waals surface area contributed by atoms with Crippen LogP contribution in [0.25, 0.3) is 0 Å². The Morgan fingerprint density at radius 3 is 2.16 bits per heavy atom. The van der Waals surface area contributed by atoms with E-state index in [9.17, 15) is 29.6 Å². The molecule has 8 nitrogen and oxygen atoms in total. The van der Waals surface area contributed by atoms with Crippen molar-refractivity contribution in [3.05, 3.63) is 73.8 Å². The third-order valence-electron chi connectivity index (χ3n) is 7.79. The molecule has 4 rings (SSSR count). The number of carbonyl (C=O) groups excluding carboxylic acids is 3. The summed E-state index contributed by atoms with van der Waals surface area (Å²) in [6.07, 6.45) is 11.9. The lowest BCUT2D eigenvalue weighted by molar-refractivity contribution is -0.384. The van der Waals surface area contributed by atoms with Crippen molar-refractivity contribution in [2.24, 2.45) is 0 Å². The smallest absolute Gasteiger partial charge is 0.269 e. The minimum absolute atomic E-state index is 0.0474. The average molecular weight is 521 g/mol. The Kier molecular flexibility index (Phi) is 8.92. The van der Waals surface area contributed by atoms with E-state index in [4.69, 9.17) is 0 Å². The molecule has 1 aliphatic heterocycles. The van der Waals surface area contributed by atoms with Gasteiger partial charge in [0.2, 0.25) is 11.6 Å². The van der Waals surface area contributed by atoms with E-state index < -0.39 is 22.4 Å². The third-order valence-corrected chi connectivity index (χ3v) is 7.79. The van der Waals surface area contributed by atoms with Gasteiger partial charge in [-0.2, -0.15) is 0 Å². The summed E-state index contributed by atoms with van der Waals surface area (Å²) in [7, 11) is 0. The topological polar surface area (TPSA) is 127 Å². The molecule has 0 saturated carbocycles. The Morgan fingerprint density at radius 1 is 0.895 bits per heavy atom. The van der Waals surface area contributed by atoms with Gasteiger partial charge < -0.3 is 10.4 Å². The molecule has 38 heavy (non-hydrogen) atoms. The molecule has 0 saturated heterocycles. The minimum Gasteiger partial charge on any atom is -0.505 e. The van der Waals surface area contributed by atoms with Crippen LogP contribution in [0.4, 0.5) is 5.69 Å². The number of hydrogen-bond donors (Lipinski definition) is 2. The SMILES string of the molecule is CCCCCCCCCCCC1=C(O)C2=C(C(=O)C1=O)C(c1ccc([N+](=O)[O-])cc1)C1=C(CCCC1=O)N2. The van der Waals surface area contributed by atoms with Crippen molar-refractivity contribution in [3.63, 3.8) is 0 Å². The van der Waals surface area contributed by atoms with E-state index in [2.05, 4.69) is 12.2 Å². The van der Waals surface area contributed by atoms with Gasteiger partial charge in [0.15, 0.2) is 5.78 Å². The van der Waals surface area contributed by atoms with Crippen LogP contribution in [0.3, 0.4) is 0 Å². The first-order valence-corrected chi connectivity index (χ1v) is 13.9. The Bertz CT molecular complexity index is 1220. The van der Waals surface area contributed by atoms with Crippen LogP contribution in [-0.2, 0) is 14.4 Å². The molecule has 3 aliphatic rings. The number of carbonyl (C=O) groups is 3. The van der Waals surface area contributed by atoms with E-state index in [0.717, 1.165) is 19.3 Å². The van der Waals surface area contributed by atoms with Gasteiger partial charge in [-0.05, 0) is 31.2 Å². The summed E-state index contributed by atoms with van der Waals surface area (Å²) in [5, 5.41) is 25.5. The summed E-state index contributed by atoms with van der Waals surface area (Å²) >= 11 is 0. The summed E-state index contributed by atoms with van der Waals surface area (Å²) in [6.45, 7) is 2.20. The number of dihydropyridines is 1. The molecular weight excluding hydrogens is 484 g/mol. The first-order valence-electron chi connectivity index (χ1n) is 13.9. The van der Waals surface area contributed by atoms with E-state index in [1.165, 1.54) is 56.4 Å². The zero-order valence-corrected chi connectivity index (χ0v) is 22.0. The zero-order valence-electron chi connectivity index (χ0n) is 22.0. The Balaban J connectivity index is 1.58. The summed E-state index contributed by atoms with van der Waals surface area (Å²) < 4.78 is 0. The maximum absolute atomic E-state index is 13.5. The molecule has 1 atom stereocenters. The number of ketones is 3. The lowest BCUT2D eigenvalue weighted by atomic mass is 9.71. The van der Waals surface area contributed by atoms with Crippen molar-refractivity contribution in [2.75, 3.05) is 0 Å². The second-order valence-electron chi connectivity index (χ2n) is 10.4. The van der Waals surface area contributed by atoms with E-state index in [1.807, 2.05) is 0 Å². The average Bonchev–Trinajstić information content (AvgIpc) is 2.91. The number of nitrogens with one attached hydrogen (secondary N) is 1. The largest absolute Gasteiger partial charge is 0.505 e. The highest BCUT2D eigenvalue weighted by molar-refractivity contribution is 6.50. The van der Waals surface area contributed by atoms with Crippen molar-refractivity contribution >= 4 is 23.0 Å². The molecule has 0 bridgehead atoms. The number of rotatable bonds is 12. The number of benzene rings is 1. The van der Waals surface area contributed by atoms with Gasteiger partial charge in [0.25, 0.3) is 5.69 Å². The number of aliphatic hydroxyl groups is 1. The molecular formula is C30H36N2O6. The molecule has 2 N–H and O–H groups in total. The maximum Gasteiger partial charge on any atom is 0.269 e. The summed E-state index contributed by atoms with van der Waals surface area (Å²) in [5.74, 6) is -2.67. The fourth-order valence-electron chi connectivity index (χ4n) is 5.75. The standard InChI is InChI=1S/C30H36N2O6/c1-2-3-4-5-6-7-8-9-10-12-21-28(34)27-26(30(36)29(21)35)24(19-15-17-20(18-16-19)32(37)38)25-22(31-27)13-11-14-23(25)33/h15-18,24,31,34H,2-14H2,1H3. The van der Waals surface area contributed by atoms with E-state index in [-0.39, 0.29) is 34.1 Å². The second-order valence-corrected chi connectivity index (χ2v) is 10.4. The van der Waals surface area contributed by atoms with Crippen molar-refractivity contribution < 1.29 is 24.4 Å². The number of aliphatic hydroxyl groups excluding tert-OH is 1. The third kappa shape index (κ3) is 5.64. The number of Topliss-reactive ketones (excluding diaryl/α,β-unsaturated/α-hetero) is 3. The number of non-ortho nitro benzene ring substituents is 1. The van der Waals surface area contributed by atoms with Crippen LogP contribution in [0.2, 0.25) is 0 Å². The lowest BCUT2D eigenvalue weighted by Crippen LogP contribution is -2.40. The molecule has 8 heteroatoms. The van der Waals surface area contributed by atoms with Gasteiger partial charge in [0.05, 0.1) is 10.6 Å². The lowest BCUT2D eigenvalue weighted by Gasteiger charge is -2.36. The monoisotopic (exact) mass is 520 g/mol. The molecule has 1 aromatic carbocycles. The number of unbranched alkanes of at least 4 members (excludes halogenated alkanes) is 8. The molecule has 0 radical (unpaired) electrons. The number of hydrogen-bond acceptors (Lipinski definition) is 7. The van der Waals surface area contributed by atoms with Crippen LogP contribution < -0.4 is 5.32 Å². The highest BCUT2D eigenvalue weighted by atomic mass is 16.6. The number of nitrogens with zero attached hydrogens (tertiary/aromatic N) is 1. The molecule has 0 fully saturated rings. The fourth-order valence-corrected chi connectivity index (χ4v) is 5.75. The number of nitro benzene ring substituents is 1. The predicted octanol–water partition coefficient (Wildman–Crippen LogP) is 6.43. The first-order chi connectivity index (χ1) is 18.3. The molecule has 0 spiro atoms. The van der Waals surface area contributed by atoms with Crippen molar-refractivity contribution in [1.29, 1.82) is 0 Å². The molecule has 0 amide bonds. The Morgan fingerprint density at radius 2 is 1.53 bits per heavy atom. The molecule has 1 heterocycles. The van der Waals surface area contributed by atoms with Crippen LogP contribution in [0.5, 0.6) is 0 Å². The van der Waals surface area contributed by atoms with Crippen molar-refractivity contribution in [3.8, 4) is 0 Å². The van der Waals surface area contributed by atoms with Gasteiger partial charge >= 0.3 is 0 Å². The highest BCUT2D eigenvalue weighted by Crippen LogP contribution is 2.46. The van der Waals surface area contributed by atoms with E-state index in [1.54, 1.807) is 0 Å². The Hall–Kier alpha value is -3.55. The predicted molar refractivity (Wildman–Crippen MR) is 143 cm³/mol. The molecule has 2 aliphatic carbocycles. The highest BCUT2D eigenvalue weighted by Gasteiger charge is 2.45. The normalized spacial score (nSPS) is 19.5. The zero-order chi connectivity index (χ0) is 27.2. The van der Waals surface area contributed by atoms with Gasteiger partial charge in [-0.3, -0.25) is 24.5 Å². The Labute approximate surface area is 223 Å². The van der Waals surface area contributed by atoms with Crippen LogP contribution >= 0.6 is 0 Å². The maximum atomic E-state index is 13.5. The molecule has 1 unspecified atom stereocenters. The van der Waals surface area contributed by atoms with Crippen LogP contribution in [0.1, 0.15) is 102 Å². The van der Waals surface area contributed by atoms with Gasteiger partial charge in [-0.1, -0.05) is 70.4 Å². The van der Waals surface area contributed by atoms with Gasteiger partial charge in [0, 0.05) is 46.9 Å². The first kappa shape index (κ1) is 27.5. The quantitative estimate of drug-likeness (QED) is 0.107. The van der Waals surface area contributed by atoms with Crippen LogP contribution in [0, 0.1) is 10.1 Å². The van der Waals surface area contributed by atoms with E-state index >= 15 is 0 Å².